The summed E-state index contributed by atoms with van der Waals surface area (Å²) in [6.45, 7) is 9.10. The number of hydrogen-bond donors (Lipinski definition) is 8. The van der Waals surface area contributed by atoms with Gasteiger partial charge in [-0.2, -0.15) is 0 Å². The molecule has 2 aromatic heterocycles. The summed E-state index contributed by atoms with van der Waals surface area (Å²) in [6.07, 6.45) is 16.1. The number of unbranched alkanes of at least 4 members (excludes halogenated alkanes) is 2. The Morgan fingerprint density at radius 1 is 0.353 bits per heavy atom. The summed E-state index contributed by atoms with van der Waals surface area (Å²) in [4.78, 5) is 37.8. The summed E-state index contributed by atoms with van der Waals surface area (Å²) in [5, 5.41) is 11.6. The lowest BCUT2D eigenvalue weighted by atomic mass is 10.0. The van der Waals surface area contributed by atoms with E-state index in [4.69, 9.17) is 87.6 Å². The van der Waals surface area contributed by atoms with Gasteiger partial charge in [0.2, 0.25) is 0 Å². The van der Waals surface area contributed by atoms with Crippen LogP contribution >= 0.6 is 59.9 Å². The van der Waals surface area contributed by atoms with E-state index in [-0.39, 0.29) is 38.5 Å². The number of aryl methyl sites for hydroxylation is 4. The molecule has 0 bridgehead atoms. The molecule has 0 radical (unpaired) electrons. The van der Waals surface area contributed by atoms with Crippen molar-refractivity contribution in [2.45, 2.75) is 90.9 Å². The average molecular weight is 2110 g/mol. The van der Waals surface area contributed by atoms with E-state index in [0.717, 1.165) is 136 Å². The fourth-order valence-corrected chi connectivity index (χ4v) is 16.6. The van der Waals surface area contributed by atoms with E-state index in [2.05, 4.69) is 62.6 Å². The van der Waals surface area contributed by atoms with E-state index in [0.29, 0.717) is 146 Å². The van der Waals surface area contributed by atoms with Crippen LogP contribution in [0.1, 0.15) is 136 Å². The lowest BCUT2D eigenvalue weighted by Crippen LogP contribution is -2.19. The molecule has 14 N–H and O–H groups in total. The second-order valence-electron chi connectivity index (χ2n) is 29.3. The molecule has 34 nitrogen and oxygen atoms in total. The van der Waals surface area contributed by atoms with Crippen LogP contribution in [-0.4, -0.2) is 143 Å². The molecule has 0 amide bonds. The zero-order valence-electron chi connectivity index (χ0n) is 74.5. The Kier molecular flexibility index (Phi) is 52.1. The minimum absolute atomic E-state index is 0. The molecule has 2 saturated heterocycles. The number of anilines is 10. The van der Waals surface area contributed by atoms with Crippen molar-refractivity contribution in [3.63, 3.8) is 0 Å². The maximum atomic E-state index is 11.2. The van der Waals surface area contributed by atoms with E-state index < -0.39 is 67.6 Å². The zero-order valence-corrected chi connectivity index (χ0v) is 83.4. The molecule has 4 heterocycles. The quantitative estimate of drug-likeness (QED) is 0.00762. The molecule has 0 aliphatic carbocycles. The number of benzene rings is 10. The van der Waals surface area contributed by atoms with Crippen LogP contribution in [0, 0.1) is 0 Å². The largest absolute Gasteiger partial charge is 0.755 e. The molecule has 12 aromatic rings. The van der Waals surface area contributed by atoms with Gasteiger partial charge in [0.05, 0.1) is 79.4 Å². The number of ether oxygens (including phenoxy) is 4. The van der Waals surface area contributed by atoms with Crippen molar-refractivity contribution in [3.8, 4) is 46.0 Å². The Bertz CT molecular complexity index is 5690. The fourth-order valence-electron chi connectivity index (χ4n) is 13.5. The van der Waals surface area contributed by atoms with Crippen LogP contribution in [0.15, 0.2) is 240 Å². The molecule has 744 valence electrons. The third kappa shape index (κ3) is 38.8. The van der Waals surface area contributed by atoms with E-state index >= 15 is 0 Å². The monoisotopic (exact) mass is 2110 g/mol. The Morgan fingerprint density at radius 2 is 0.647 bits per heavy atom. The van der Waals surface area contributed by atoms with Crippen molar-refractivity contribution < 1.29 is 111 Å². The van der Waals surface area contributed by atoms with E-state index in [1.807, 2.05) is 115 Å². The molecule has 0 spiro atoms. The van der Waals surface area contributed by atoms with E-state index in [1.165, 1.54) is 34.3 Å². The maximum absolute atomic E-state index is 11.2. The predicted octanol–water partition coefficient (Wildman–Crippen LogP) is 18.2. The van der Waals surface area contributed by atoms with Crippen LogP contribution in [0.3, 0.4) is 0 Å². The summed E-state index contributed by atoms with van der Waals surface area (Å²) in [7, 11) is 0. The first kappa shape index (κ1) is 116. The first-order valence-corrected chi connectivity index (χ1v) is 50.6. The molecule has 45 heteroatoms. The van der Waals surface area contributed by atoms with Gasteiger partial charge in [-0.1, -0.05) is 159 Å². The number of aldehydes is 3. The van der Waals surface area contributed by atoms with Gasteiger partial charge in [0.1, 0.15) is 53.4 Å². The van der Waals surface area contributed by atoms with Crippen LogP contribution in [0.2, 0.25) is 10.0 Å². The first-order chi connectivity index (χ1) is 65.8. The summed E-state index contributed by atoms with van der Waals surface area (Å²) in [5.41, 5.74) is 9.57. The van der Waals surface area contributed by atoms with Crippen LogP contribution in [-0.2, 0) is 93.3 Å². The summed E-state index contributed by atoms with van der Waals surface area (Å²) in [5.74, 6) is 5.74. The van der Waals surface area contributed by atoms with Crippen LogP contribution in [0.25, 0.3) is 0 Å². The highest BCUT2D eigenvalue weighted by Crippen LogP contribution is 2.46. The molecule has 139 heavy (non-hydrogen) atoms. The number of halogens is 2. The fraction of sp³-hybridized carbons (Fsp3) is 0.213. The number of furan rings is 2. The molecular formula is C94H100Cl2N10O24S9-6. The number of nitrogens with one attached hydrogen (secondary N) is 8. The van der Waals surface area contributed by atoms with Gasteiger partial charge in [-0.25, -0.2) is 0 Å². The van der Waals surface area contributed by atoms with Gasteiger partial charge in [-0.05, 0) is 225 Å². The Morgan fingerprint density at radius 3 is 0.964 bits per heavy atom. The van der Waals surface area contributed by atoms with Crippen LogP contribution in [0.4, 0.5) is 56.9 Å². The molecule has 14 rings (SSSR count). The lowest BCUT2D eigenvalue weighted by Gasteiger charge is -2.25. The van der Waals surface area contributed by atoms with Gasteiger partial charge in [0.25, 0.3) is 0 Å². The molecule has 6 atom stereocenters. The number of nitrogens with zero attached hydrogens (tertiary/aromatic N) is 2. The van der Waals surface area contributed by atoms with Gasteiger partial charge < -0.3 is 120 Å². The van der Waals surface area contributed by atoms with Crippen molar-refractivity contribution >= 4 is 219 Å². The molecule has 6 unspecified atom stereocenters. The Balaban J connectivity index is 0.000000255. The third-order valence-corrected chi connectivity index (χ3v) is 23.4. The number of carbonyl (C=O) groups excluding carboxylic acids is 3. The van der Waals surface area contributed by atoms with Gasteiger partial charge in [-0.3, -0.25) is 39.6 Å². The average Bonchev–Trinajstić information content (AvgIpc) is 1.78. The van der Waals surface area contributed by atoms with Crippen molar-refractivity contribution in [1.29, 1.82) is 0 Å². The maximum Gasteiger partial charge on any atom is 0.174 e. The van der Waals surface area contributed by atoms with Gasteiger partial charge in [0, 0.05) is 153 Å². The minimum Gasteiger partial charge on any atom is -0.755 e. The van der Waals surface area contributed by atoms with Crippen molar-refractivity contribution in [3.05, 3.63) is 297 Å². The molecule has 10 aromatic carbocycles. The van der Waals surface area contributed by atoms with Crippen molar-refractivity contribution in [1.82, 2.24) is 0 Å². The number of para-hydroxylation sites is 4. The second kappa shape index (κ2) is 62.4. The SMILES string of the molecule is CCCCNc1cc(C=O)cc(NS(=O)[O-])c1Oc1ccccc1.CCCCNc1cc(C=S)cc(NS(=O)[O-])c1Oc1ccccc1.O.O.O.O=Cc1cc(NS(=O)[O-])c(Cl)cc1CCc1ccco1.O=Cc1cc(NS(=O)[O-])c(Oc2ccccc2)c(N2CCCC2)c1.O=S([O-])Nc1cc(C=S)c(CCc2ccco2)cc1Cl.O=S([O-])Nc1cc(C=S)cc(N2CCCC2)c1Oc1ccccc1. The number of thiocarbonyl (C=S) groups is 3. The van der Waals surface area contributed by atoms with Crippen LogP contribution in [0.5, 0.6) is 46.0 Å². The van der Waals surface area contributed by atoms with Gasteiger partial charge in [0.15, 0.2) is 23.0 Å². The normalized spacial score (nSPS) is 12.7. The highest BCUT2D eigenvalue weighted by atomic mass is 35.5. The highest BCUT2D eigenvalue weighted by Gasteiger charge is 2.25. The first-order valence-electron chi connectivity index (χ1n) is 42.0. The van der Waals surface area contributed by atoms with Crippen molar-refractivity contribution in [2.75, 3.05) is 88.0 Å². The lowest BCUT2D eigenvalue weighted by molar-refractivity contribution is 0.111. The van der Waals surface area contributed by atoms with Crippen molar-refractivity contribution in [2.24, 2.45) is 0 Å². The number of rotatable bonds is 42. The van der Waals surface area contributed by atoms with Gasteiger partial charge >= 0.3 is 0 Å². The summed E-state index contributed by atoms with van der Waals surface area (Å²) in [6, 6.07) is 63.8. The standard InChI is InChI=1S/C17H18N2O4S.C17H20N2O4S.C17H18N2O3S2.C17H20N2O3S2.C13H12ClNO4S.C13H12ClNO3S2.3H2O/c20-12-13-10-15(18-24(21)22)17(23-14-6-2-1-3-7-14)16(11-13)19-8-4-5-9-19;1-2-3-9-18-15-10-13(12-20)11-16(19-24(21)22)17(15)23-14-7-5-4-6-8-14;20-24(21)18-15-10-13(12-23)11-16(19-8-4-5-9-19)17(15)22-14-6-2-1-3-7-14;1-2-3-9-18-15-10-13(12-23)11-16(19-24(20)21)17(15)22-14-7-5-4-6-8-14;14-12-6-9(3-4-11-2-1-5-19-11)10(8-16)7-13(12)15-20(17)18;14-12-6-9(3-4-11-2-1-5-18-11)10(8-19)7-13(12)15-20(16)17;;;/h1-3,6-7,10-12,18H,4-5,8-9H2,(H,21,22);4-8,10-12,18-19H,2-3,9H2,1H3,(H,21,22);1-3,6-7,10-12,18H,4-5,8-9H2,(H,20,21);4-8,10-12,18-19H,2-3,9H2,1H3,(H,20,21);1-2,5-8,15H,3-4H2,(H,17,18);1-2,5-8,15H,3-4H2,(H,16,17);3*1H2/p-6. The number of hydrogen-bond acceptors (Lipinski definition) is 28. The van der Waals surface area contributed by atoms with E-state index in [9.17, 15) is 67.0 Å². The highest BCUT2D eigenvalue weighted by molar-refractivity contribution is 7.82. The molecular weight excluding hydrogens is 2010 g/mol. The second-order valence-corrected chi connectivity index (χ2v) is 34.8. The molecule has 2 fully saturated rings. The van der Waals surface area contributed by atoms with Crippen LogP contribution < -0.4 is 67.7 Å². The summed E-state index contributed by atoms with van der Waals surface area (Å²) < 4.78 is 180. The Hall–Kier alpha value is -11.6. The third-order valence-electron chi connectivity index (χ3n) is 19.7. The zero-order chi connectivity index (χ0) is 97.7. The summed E-state index contributed by atoms with van der Waals surface area (Å²) >= 11 is 12.1. The Labute approximate surface area is 845 Å². The van der Waals surface area contributed by atoms with Gasteiger partial charge in [-0.15, -0.1) is 0 Å². The molecule has 0 saturated carbocycles. The molecule has 2 aliphatic heterocycles. The number of carbonyl (C=O) groups is 3. The topological polar surface area (TPSA) is 552 Å². The minimum atomic E-state index is -2.53. The smallest absolute Gasteiger partial charge is 0.174 e. The molecule has 2 aliphatic rings. The predicted molar refractivity (Wildman–Crippen MR) is 557 cm³/mol. The van der Waals surface area contributed by atoms with E-state index in [1.54, 1.807) is 97.5 Å².